The molecule has 212 valence electrons. The van der Waals surface area contributed by atoms with E-state index in [0.717, 1.165) is 0 Å². The van der Waals surface area contributed by atoms with E-state index in [2.05, 4.69) is 0 Å². The Hall–Kier alpha value is -2.70. The number of halogens is 6. The first-order chi connectivity index (χ1) is 19.4. The van der Waals surface area contributed by atoms with Crippen molar-refractivity contribution in [3.63, 3.8) is 0 Å². The molecule has 1 fully saturated rings. The Balaban J connectivity index is 1.80. The van der Waals surface area contributed by atoms with Crippen molar-refractivity contribution in [1.29, 1.82) is 0 Å². The highest BCUT2D eigenvalue weighted by Crippen LogP contribution is 2.84. The molecular formula is C32H25F6OPS. The summed E-state index contributed by atoms with van der Waals surface area (Å²) in [7, 11) is -4.00. The van der Waals surface area contributed by atoms with E-state index >= 15 is 30.9 Å². The van der Waals surface area contributed by atoms with Crippen LogP contribution < -0.4 is 10.6 Å². The van der Waals surface area contributed by atoms with E-state index in [1.54, 1.807) is 73.7 Å². The Bertz CT molecular complexity index is 1750. The molecule has 7 rings (SSSR count). The fourth-order valence-corrected chi connectivity index (χ4v) is 14.5. The van der Waals surface area contributed by atoms with Crippen molar-refractivity contribution in [2.75, 3.05) is 0 Å². The fraction of sp³-hybridized carbons (Fsp3) is 0.312. The topological polar surface area (TPSA) is 17.1 Å². The largest absolute Gasteiger partial charge is 0.380 e. The predicted octanol–water partition coefficient (Wildman–Crippen LogP) is 8.95. The minimum Gasteiger partial charge on any atom is -0.313 e. The summed E-state index contributed by atoms with van der Waals surface area (Å²) >= 11 is 1.21. The van der Waals surface area contributed by atoms with Crippen molar-refractivity contribution in [2.24, 2.45) is 0 Å². The maximum absolute atomic E-state index is 16.2. The van der Waals surface area contributed by atoms with Gasteiger partial charge in [-0.2, -0.15) is 26.3 Å². The molecular weight excluding hydrogens is 577 g/mol. The standard InChI is InChI=1S/C32H25F6OPS/c1-3-18-28-24(20-14-8-10-16-22(20)40(28,39)19-12-6-5-7-13-19)26-27(31(35,36)32(37,38)30(26,33)34)25-21-15-9-11-17-23(21)41-29(25,28)4-2/h5-17H,3-4,18H2,1-2H3/t28-,29-,40-/m0/s1. The summed E-state index contributed by atoms with van der Waals surface area (Å²) in [6.45, 7) is 3.57. The van der Waals surface area contributed by atoms with Crippen LogP contribution in [0.2, 0.25) is 0 Å². The van der Waals surface area contributed by atoms with Gasteiger partial charge in [0.25, 0.3) is 0 Å². The second-order valence-corrected chi connectivity index (χ2v) is 15.4. The molecule has 4 aliphatic rings. The average molecular weight is 603 g/mol. The molecule has 2 aliphatic heterocycles. The zero-order chi connectivity index (χ0) is 29.2. The van der Waals surface area contributed by atoms with Crippen molar-refractivity contribution >= 4 is 40.7 Å². The average Bonchev–Trinajstić information content (AvgIpc) is 3.46. The van der Waals surface area contributed by atoms with Crippen molar-refractivity contribution in [3.05, 3.63) is 101 Å². The van der Waals surface area contributed by atoms with Crippen LogP contribution in [0.3, 0.4) is 0 Å². The summed E-state index contributed by atoms with van der Waals surface area (Å²) in [5.41, 5.74) is -2.85. The molecule has 0 N–H and O–H groups in total. The van der Waals surface area contributed by atoms with Gasteiger partial charge >= 0.3 is 17.8 Å². The number of hydrogen-bond acceptors (Lipinski definition) is 2. The maximum atomic E-state index is 16.2. The van der Waals surface area contributed by atoms with Gasteiger partial charge in [-0.15, -0.1) is 11.8 Å². The molecule has 9 heteroatoms. The zero-order valence-corrected chi connectivity index (χ0v) is 23.9. The van der Waals surface area contributed by atoms with Crippen LogP contribution in [0.15, 0.2) is 94.9 Å². The number of rotatable bonds is 4. The highest BCUT2D eigenvalue weighted by molar-refractivity contribution is 8.02. The van der Waals surface area contributed by atoms with Crippen molar-refractivity contribution in [3.8, 4) is 0 Å². The fourth-order valence-electron chi connectivity index (χ4n) is 7.96. The number of thioether (sulfide) groups is 1. The number of hydrogen-bond donors (Lipinski definition) is 0. The molecule has 1 nitrogen and oxygen atoms in total. The van der Waals surface area contributed by atoms with E-state index in [-0.39, 0.29) is 40.4 Å². The Morgan fingerprint density at radius 2 is 1.24 bits per heavy atom. The number of allylic oxidation sites excluding steroid dienone is 3. The van der Waals surface area contributed by atoms with Gasteiger partial charge in [-0.25, -0.2) is 0 Å². The van der Waals surface area contributed by atoms with Gasteiger partial charge < -0.3 is 4.57 Å². The summed E-state index contributed by atoms with van der Waals surface area (Å²) in [5, 5.41) is -1.04. The smallest absolute Gasteiger partial charge is 0.313 e. The molecule has 0 saturated heterocycles. The molecule has 1 saturated carbocycles. The minimum absolute atomic E-state index is 0.0749. The Labute approximate surface area is 238 Å². The summed E-state index contributed by atoms with van der Waals surface area (Å²) in [6.07, 6.45) is 0.548. The van der Waals surface area contributed by atoms with Crippen molar-refractivity contribution in [2.45, 2.75) is 65.7 Å². The molecule has 3 atom stereocenters. The summed E-state index contributed by atoms with van der Waals surface area (Å²) in [4.78, 5) is 0.526. The Kier molecular flexibility index (Phi) is 5.45. The first-order valence-electron chi connectivity index (χ1n) is 13.6. The van der Waals surface area contributed by atoms with Gasteiger partial charge in [0.1, 0.15) is 0 Å². The normalized spacial score (nSPS) is 31.4. The quantitative estimate of drug-likeness (QED) is 0.219. The maximum Gasteiger partial charge on any atom is 0.380 e. The molecule has 0 aromatic heterocycles. The van der Waals surface area contributed by atoms with E-state index < -0.39 is 46.0 Å². The first kappa shape index (κ1) is 27.2. The summed E-state index contributed by atoms with van der Waals surface area (Å²) < 4.78 is 110. The lowest BCUT2D eigenvalue weighted by Gasteiger charge is -2.54. The van der Waals surface area contributed by atoms with Gasteiger partial charge in [-0.1, -0.05) is 93.1 Å². The van der Waals surface area contributed by atoms with E-state index in [1.807, 2.05) is 6.92 Å². The molecule has 0 amide bonds. The molecule has 0 bridgehead atoms. The van der Waals surface area contributed by atoms with E-state index in [4.69, 9.17) is 0 Å². The molecule has 0 spiro atoms. The molecule has 3 aromatic carbocycles. The molecule has 3 aromatic rings. The van der Waals surface area contributed by atoms with E-state index in [0.29, 0.717) is 16.6 Å². The minimum atomic E-state index is -5.68. The van der Waals surface area contributed by atoms with E-state index in [1.165, 1.54) is 23.9 Å². The van der Waals surface area contributed by atoms with Crippen molar-refractivity contribution < 1.29 is 30.9 Å². The highest BCUT2D eigenvalue weighted by Gasteiger charge is 2.86. The van der Waals surface area contributed by atoms with Gasteiger partial charge in [-0.05, 0) is 41.2 Å². The van der Waals surface area contributed by atoms with Crippen molar-refractivity contribution in [1.82, 2.24) is 0 Å². The molecule has 0 unspecified atom stereocenters. The van der Waals surface area contributed by atoms with Crippen LogP contribution in [0.25, 0.3) is 11.1 Å². The van der Waals surface area contributed by atoms with Gasteiger partial charge in [0.2, 0.25) is 0 Å². The lowest BCUT2D eigenvalue weighted by atomic mass is 9.64. The van der Waals surface area contributed by atoms with Gasteiger partial charge in [0, 0.05) is 26.7 Å². The number of fused-ring (bicyclic) bond motifs is 8. The zero-order valence-electron chi connectivity index (χ0n) is 22.2. The molecule has 0 radical (unpaired) electrons. The van der Waals surface area contributed by atoms with Crippen LogP contribution in [-0.2, 0) is 4.57 Å². The molecule has 2 aliphatic carbocycles. The third-order valence-corrected chi connectivity index (χ3v) is 15.3. The van der Waals surface area contributed by atoms with Gasteiger partial charge in [0.15, 0.2) is 7.14 Å². The number of alkyl halides is 6. The molecule has 41 heavy (non-hydrogen) atoms. The first-order valence-corrected chi connectivity index (χ1v) is 16.1. The van der Waals surface area contributed by atoms with Crippen LogP contribution in [0, 0.1) is 0 Å². The highest BCUT2D eigenvalue weighted by atomic mass is 32.2. The summed E-state index contributed by atoms with van der Waals surface area (Å²) in [5.74, 6) is -16.0. The lowest BCUT2D eigenvalue weighted by Crippen LogP contribution is -2.54. The van der Waals surface area contributed by atoms with Crippen LogP contribution >= 0.6 is 18.9 Å². The van der Waals surface area contributed by atoms with Crippen LogP contribution in [0.5, 0.6) is 0 Å². The monoisotopic (exact) mass is 602 g/mol. The van der Waals surface area contributed by atoms with Crippen LogP contribution in [0.1, 0.15) is 44.2 Å². The SMILES string of the molecule is CCC[C@]12C(=C3C(=C4c5ccccc5S[C@@]41CC)C(F)(F)C(F)(F)C3(F)F)c1ccccc1[P@@]2(=O)c1ccccc1. The number of benzene rings is 3. The van der Waals surface area contributed by atoms with E-state index in [9.17, 15) is 0 Å². The van der Waals surface area contributed by atoms with Crippen LogP contribution in [-0.4, -0.2) is 27.7 Å². The third kappa shape index (κ3) is 2.70. The Morgan fingerprint density at radius 3 is 1.88 bits per heavy atom. The van der Waals surface area contributed by atoms with Crippen LogP contribution in [0.4, 0.5) is 26.3 Å². The third-order valence-electron chi connectivity index (χ3n) is 9.37. The van der Waals surface area contributed by atoms with Gasteiger partial charge in [0.05, 0.1) is 9.90 Å². The second-order valence-electron chi connectivity index (χ2n) is 11.1. The van der Waals surface area contributed by atoms with Gasteiger partial charge in [-0.3, -0.25) is 0 Å². The lowest BCUT2D eigenvalue weighted by molar-refractivity contribution is -0.257. The predicted molar refractivity (Wildman–Crippen MR) is 151 cm³/mol. The molecule has 2 heterocycles. The Morgan fingerprint density at radius 1 is 0.683 bits per heavy atom. The second kappa shape index (κ2) is 8.23. The summed E-state index contributed by atoms with van der Waals surface area (Å²) in [6, 6.07) is 21.3.